The van der Waals surface area contributed by atoms with Gasteiger partial charge in [-0.15, -0.1) is 0 Å². The minimum Gasteiger partial charge on any atom is -0.446 e. The molecule has 0 bridgehead atoms. The Labute approximate surface area is 248 Å². The van der Waals surface area contributed by atoms with Gasteiger partial charge in [-0.2, -0.15) is 0 Å². The molecule has 0 atom stereocenters. The molecule has 0 spiro atoms. The molecule has 3 aromatic carbocycles. The van der Waals surface area contributed by atoms with Crippen LogP contribution in [0.15, 0.2) is 78.9 Å². The summed E-state index contributed by atoms with van der Waals surface area (Å²) in [5, 5.41) is 5.80. The zero-order valence-electron chi connectivity index (χ0n) is 24.1. The standard InChI is InChI=1S/C32H40N4O5S/c1-2-3-23-42(39,40)33-24-25-13-15-27(16-14-25)34-31(37)19-22-36-20-17-28(18-21-36)41-32(38)35-30-12-8-7-11-29(30)26-9-5-4-6-10-26/h4-16,28,33H,2-3,17-24H2,1H3,(H,34,37)(H,35,38). The van der Waals surface area contributed by atoms with Crippen LogP contribution in [-0.4, -0.2) is 56.8 Å². The van der Waals surface area contributed by atoms with Crippen molar-refractivity contribution >= 4 is 33.4 Å². The number of nitrogens with one attached hydrogen (secondary N) is 3. The quantitative estimate of drug-likeness (QED) is 0.237. The fourth-order valence-corrected chi connectivity index (χ4v) is 5.99. The number of piperidine rings is 1. The highest BCUT2D eigenvalue weighted by Gasteiger charge is 2.23. The molecule has 0 saturated carbocycles. The van der Waals surface area contributed by atoms with Crippen molar-refractivity contribution in [2.24, 2.45) is 0 Å². The Bertz CT molecular complexity index is 1410. The van der Waals surface area contributed by atoms with Crippen molar-refractivity contribution in [3.05, 3.63) is 84.4 Å². The first-order valence-electron chi connectivity index (χ1n) is 14.5. The Hall–Kier alpha value is -3.73. The molecule has 3 N–H and O–H groups in total. The fraction of sp³-hybridized carbons (Fsp3) is 0.375. The molecule has 1 aliphatic rings. The van der Waals surface area contributed by atoms with E-state index in [0.29, 0.717) is 43.6 Å². The van der Waals surface area contributed by atoms with Crippen molar-refractivity contribution in [3.8, 4) is 11.1 Å². The molecule has 224 valence electrons. The summed E-state index contributed by atoms with van der Waals surface area (Å²) < 4.78 is 32.3. The number of rotatable bonds is 13. The molecule has 10 heteroatoms. The molecule has 1 fully saturated rings. The minimum atomic E-state index is -3.28. The van der Waals surface area contributed by atoms with Gasteiger partial charge in [0.05, 0.1) is 11.4 Å². The van der Waals surface area contributed by atoms with Gasteiger partial charge in [0.15, 0.2) is 0 Å². The van der Waals surface area contributed by atoms with Crippen LogP contribution in [0.3, 0.4) is 0 Å². The van der Waals surface area contributed by atoms with Gasteiger partial charge in [-0.25, -0.2) is 17.9 Å². The number of benzene rings is 3. The maximum Gasteiger partial charge on any atom is 0.411 e. The van der Waals surface area contributed by atoms with Gasteiger partial charge in [-0.1, -0.05) is 74.0 Å². The van der Waals surface area contributed by atoms with Crippen LogP contribution >= 0.6 is 0 Å². The first-order valence-corrected chi connectivity index (χ1v) is 16.2. The van der Waals surface area contributed by atoms with E-state index in [4.69, 9.17) is 4.74 Å². The Morgan fingerprint density at radius 1 is 0.905 bits per heavy atom. The molecule has 42 heavy (non-hydrogen) atoms. The summed E-state index contributed by atoms with van der Waals surface area (Å²) in [5.74, 6) is 0.0415. The van der Waals surface area contributed by atoms with E-state index in [0.717, 1.165) is 36.2 Å². The van der Waals surface area contributed by atoms with E-state index in [1.54, 1.807) is 24.3 Å². The minimum absolute atomic E-state index is 0.0853. The Morgan fingerprint density at radius 3 is 2.31 bits per heavy atom. The number of sulfonamides is 1. The second-order valence-electron chi connectivity index (χ2n) is 10.5. The van der Waals surface area contributed by atoms with Gasteiger partial charge in [0.1, 0.15) is 6.10 Å². The summed E-state index contributed by atoms with van der Waals surface area (Å²) in [6.45, 7) is 4.29. The largest absolute Gasteiger partial charge is 0.446 e. The van der Waals surface area contributed by atoms with Crippen molar-refractivity contribution in [2.75, 3.05) is 36.0 Å². The van der Waals surface area contributed by atoms with Crippen molar-refractivity contribution in [1.82, 2.24) is 9.62 Å². The molecular formula is C32H40N4O5S. The van der Waals surface area contributed by atoms with Crippen LogP contribution < -0.4 is 15.4 Å². The lowest BCUT2D eigenvalue weighted by Gasteiger charge is -2.31. The number of unbranched alkanes of at least 4 members (excludes halogenated alkanes) is 1. The summed E-state index contributed by atoms with van der Waals surface area (Å²) in [6, 6.07) is 24.7. The second-order valence-corrected chi connectivity index (χ2v) is 12.4. The first kappa shape index (κ1) is 31.2. The van der Waals surface area contributed by atoms with Gasteiger partial charge in [0.2, 0.25) is 15.9 Å². The van der Waals surface area contributed by atoms with E-state index < -0.39 is 16.1 Å². The first-order chi connectivity index (χ1) is 20.3. The highest BCUT2D eigenvalue weighted by Crippen LogP contribution is 2.28. The molecule has 0 aromatic heterocycles. The molecule has 2 amide bonds. The van der Waals surface area contributed by atoms with E-state index in [-0.39, 0.29) is 24.3 Å². The summed E-state index contributed by atoms with van der Waals surface area (Å²) >= 11 is 0. The molecule has 0 unspecified atom stereocenters. The Balaban J connectivity index is 1.14. The van der Waals surface area contributed by atoms with Gasteiger partial charge < -0.3 is 15.0 Å². The zero-order chi connectivity index (χ0) is 29.8. The molecule has 9 nitrogen and oxygen atoms in total. The van der Waals surface area contributed by atoms with Crippen LogP contribution in [0.25, 0.3) is 11.1 Å². The van der Waals surface area contributed by atoms with Gasteiger partial charge in [0, 0.05) is 43.9 Å². The third kappa shape index (κ3) is 9.97. The van der Waals surface area contributed by atoms with Crippen LogP contribution in [0.2, 0.25) is 0 Å². The number of nitrogens with zero attached hydrogens (tertiary/aromatic N) is 1. The van der Waals surface area contributed by atoms with Crippen molar-refractivity contribution < 1.29 is 22.7 Å². The van der Waals surface area contributed by atoms with Gasteiger partial charge in [-0.05, 0) is 48.6 Å². The van der Waals surface area contributed by atoms with Crippen molar-refractivity contribution in [3.63, 3.8) is 0 Å². The topological polar surface area (TPSA) is 117 Å². The molecule has 1 aliphatic heterocycles. The van der Waals surface area contributed by atoms with Crippen molar-refractivity contribution in [1.29, 1.82) is 0 Å². The second kappa shape index (κ2) is 15.5. The van der Waals surface area contributed by atoms with Crippen LogP contribution in [0.5, 0.6) is 0 Å². The number of hydrogen-bond acceptors (Lipinski definition) is 6. The predicted octanol–water partition coefficient (Wildman–Crippen LogP) is 5.61. The van der Waals surface area contributed by atoms with E-state index in [1.807, 2.05) is 61.5 Å². The molecule has 0 radical (unpaired) electrons. The molecule has 1 heterocycles. The number of para-hydroxylation sites is 1. The van der Waals surface area contributed by atoms with Crippen LogP contribution in [-0.2, 0) is 26.1 Å². The normalized spacial score (nSPS) is 14.3. The van der Waals surface area contributed by atoms with Crippen LogP contribution in [0, 0.1) is 0 Å². The lowest BCUT2D eigenvalue weighted by molar-refractivity contribution is -0.116. The van der Waals surface area contributed by atoms with E-state index in [9.17, 15) is 18.0 Å². The van der Waals surface area contributed by atoms with Gasteiger partial charge in [-0.3, -0.25) is 10.1 Å². The lowest BCUT2D eigenvalue weighted by Crippen LogP contribution is -2.39. The summed E-state index contributed by atoms with van der Waals surface area (Å²) in [6.07, 6.45) is 2.59. The molecule has 3 aromatic rings. The Kier molecular flexibility index (Phi) is 11.5. The lowest BCUT2D eigenvalue weighted by atomic mass is 10.0. The average Bonchev–Trinajstić information content (AvgIpc) is 3.00. The fourth-order valence-electron chi connectivity index (χ4n) is 4.79. The number of likely N-dealkylation sites (tertiary alicyclic amines) is 1. The summed E-state index contributed by atoms with van der Waals surface area (Å²) in [5.41, 5.74) is 4.16. The number of carbonyl (C=O) groups is 2. The van der Waals surface area contributed by atoms with Gasteiger partial charge in [0.25, 0.3) is 0 Å². The Morgan fingerprint density at radius 2 is 1.60 bits per heavy atom. The SMILES string of the molecule is CCCCS(=O)(=O)NCc1ccc(NC(=O)CCN2CCC(OC(=O)Nc3ccccc3-c3ccccc3)CC2)cc1. The maximum absolute atomic E-state index is 12.6. The number of anilines is 2. The predicted molar refractivity (Wildman–Crippen MR) is 167 cm³/mol. The smallest absolute Gasteiger partial charge is 0.411 e. The van der Waals surface area contributed by atoms with Crippen LogP contribution in [0.1, 0.15) is 44.6 Å². The summed E-state index contributed by atoms with van der Waals surface area (Å²) in [7, 11) is -3.28. The van der Waals surface area contributed by atoms with Gasteiger partial charge >= 0.3 is 6.09 Å². The summed E-state index contributed by atoms with van der Waals surface area (Å²) in [4.78, 5) is 27.4. The number of carbonyl (C=O) groups excluding carboxylic acids is 2. The highest BCUT2D eigenvalue weighted by atomic mass is 32.2. The zero-order valence-corrected chi connectivity index (χ0v) is 24.9. The van der Waals surface area contributed by atoms with E-state index >= 15 is 0 Å². The number of hydrogen-bond donors (Lipinski definition) is 3. The third-order valence-corrected chi connectivity index (χ3v) is 8.62. The average molecular weight is 593 g/mol. The van der Waals surface area contributed by atoms with Crippen LogP contribution in [0.4, 0.5) is 16.2 Å². The highest BCUT2D eigenvalue weighted by molar-refractivity contribution is 7.89. The molecule has 1 saturated heterocycles. The van der Waals surface area contributed by atoms with E-state index in [1.165, 1.54) is 0 Å². The molecule has 0 aliphatic carbocycles. The van der Waals surface area contributed by atoms with Crippen molar-refractivity contribution in [2.45, 2.75) is 51.7 Å². The number of ether oxygens (including phenoxy) is 1. The van der Waals surface area contributed by atoms with E-state index in [2.05, 4.69) is 20.3 Å². The maximum atomic E-state index is 12.6. The molecular weight excluding hydrogens is 552 g/mol. The third-order valence-electron chi connectivity index (χ3n) is 7.21. The number of amides is 2. The monoisotopic (exact) mass is 592 g/mol. The molecule has 4 rings (SSSR count).